The lowest BCUT2D eigenvalue weighted by atomic mass is 10.1. The number of imidazole rings is 1. The van der Waals surface area contributed by atoms with Crippen LogP contribution in [0.15, 0.2) is 30.6 Å². The lowest BCUT2D eigenvalue weighted by Gasteiger charge is -2.30. The number of hydrogen-bond donors (Lipinski definition) is 0. The molecule has 1 fully saturated rings. The molecule has 2 atom stereocenters. The van der Waals surface area contributed by atoms with Gasteiger partial charge in [-0.2, -0.15) is 0 Å². The second-order valence-corrected chi connectivity index (χ2v) is 8.06. The SMILES string of the molecule is CCCCCCOCC1COC(Cn2ccnc2O[N+](=O)[O-])(c2ccc(Cl)cc2Cl)O1. The molecule has 2 aromatic rings. The van der Waals surface area contributed by atoms with E-state index >= 15 is 0 Å². The molecular weight excluding hydrogens is 449 g/mol. The van der Waals surface area contributed by atoms with Gasteiger partial charge in [-0.25, -0.2) is 9.82 Å². The highest BCUT2D eigenvalue weighted by atomic mass is 35.5. The molecule has 170 valence electrons. The molecule has 31 heavy (non-hydrogen) atoms. The van der Waals surface area contributed by atoms with Gasteiger partial charge in [0.15, 0.2) is 0 Å². The first-order chi connectivity index (χ1) is 14.9. The Morgan fingerprint density at radius 3 is 2.94 bits per heavy atom. The monoisotopic (exact) mass is 473 g/mol. The van der Waals surface area contributed by atoms with Crippen LogP contribution in [0.1, 0.15) is 38.2 Å². The van der Waals surface area contributed by atoms with Gasteiger partial charge >= 0.3 is 5.09 Å². The van der Waals surface area contributed by atoms with Crippen molar-refractivity contribution >= 4 is 23.2 Å². The van der Waals surface area contributed by atoms with E-state index in [9.17, 15) is 10.1 Å². The summed E-state index contributed by atoms with van der Waals surface area (Å²) in [6.45, 7) is 3.48. The van der Waals surface area contributed by atoms with Gasteiger partial charge in [0, 0.05) is 29.6 Å². The van der Waals surface area contributed by atoms with Gasteiger partial charge in [-0.05, 0) is 18.6 Å². The van der Waals surface area contributed by atoms with Crippen molar-refractivity contribution in [1.29, 1.82) is 0 Å². The fraction of sp³-hybridized carbons (Fsp3) is 0.550. The van der Waals surface area contributed by atoms with Crippen LogP contribution in [0.25, 0.3) is 0 Å². The van der Waals surface area contributed by atoms with E-state index in [1.807, 2.05) is 0 Å². The third-order valence-electron chi connectivity index (χ3n) is 4.86. The van der Waals surface area contributed by atoms with Crippen molar-refractivity contribution in [3.63, 3.8) is 0 Å². The van der Waals surface area contributed by atoms with Crippen molar-refractivity contribution in [2.45, 2.75) is 51.0 Å². The van der Waals surface area contributed by atoms with Crippen molar-refractivity contribution < 1.29 is 24.1 Å². The molecule has 2 unspecified atom stereocenters. The molecule has 0 bridgehead atoms. The maximum Gasteiger partial charge on any atom is 0.302 e. The van der Waals surface area contributed by atoms with E-state index in [1.165, 1.54) is 29.8 Å². The first-order valence-corrected chi connectivity index (χ1v) is 10.9. The molecule has 1 aliphatic rings. The van der Waals surface area contributed by atoms with Gasteiger partial charge in [0.25, 0.3) is 6.01 Å². The molecule has 1 saturated heterocycles. The van der Waals surface area contributed by atoms with Gasteiger partial charge in [-0.1, -0.05) is 55.5 Å². The number of hydrogen-bond acceptors (Lipinski definition) is 7. The van der Waals surface area contributed by atoms with Gasteiger partial charge in [0.05, 0.1) is 24.8 Å². The minimum atomic E-state index is -1.31. The number of unbranched alkanes of at least 4 members (excludes halogenated alkanes) is 3. The van der Waals surface area contributed by atoms with Crippen LogP contribution in [0, 0.1) is 10.1 Å². The van der Waals surface area contributed by atoms with E-state index in [2.05, 4.69) is 16.7 Å². The first-order valence-electron chi connectivity index (χ1n) is 10.1. The minimum absolute atomic E-state index is 0.0323. The van der Waals surface area contributed by atoms with E-state index in [-0.39, 0.29) is 25.3 Å². The van der Waals surface area contributed by atoms with E-state index < -0.39 is 10.9 Å². The highest BCUT2D eigenvalue weighted by Gasteiger charge is 2.45. The van der Waals surface area contributed by atoms with Gasteiger partial charge < -0.3 is 18.8 Å². The third-order valence-corrected chi connectivity index (χ3v) is 5.41. The van der Waals surface area contributed by atoms with Gasteiger partial charge in [-0.15, -0.1) is 10.1 Å². The average molecular weight is 474 g/mol. The van der Waals surface area contributed by atoms with Crippen LogP contribution in [0.4, 0.5) is 0 Å². The van der Waals surface area contributed by atoms with Crippen molar-refractivity contribution in [3.8, 4) is 6.01 Å². The van der Waals surface area contributed by atoms with Crippen molar-refractivity contribution in [1.82, 2.24) is 9.55 Å². The van der Waals surface area contributed by atoms with Gasteiger partial charge in [0.2, 0.25) is 5.79 Å². The average Bonchev–Trinajstić information content (AvgIpc) is 3.32. The smallest absolute Gasteiger partial charge is 0.302 e. The molecule has 1 aromatic heterocycles. The summed E-state index contributed by atoms with van der Waals surface area (Å²) < 4.78 is 19.5. The van der Waals surface area contributed by atoms with Crippen molar-refractivity contribution in [2.75, 3.05) is 19.8 Å². The Kier molecular flexibility index (Phi) is 8.50. The molecular formula is C20H25Cl2N3O6. The standard InChI is InChI=1S/C20H25Cl2N3O6/c1-2-3-4-5-10-28-12-16-13-29-20(30-16,17-7-6-15(21)11-18(17)22)14-24-9-8-23-19(24)31-25(26)27/h6-9,11,16H,2-5,10,12-14H2,1H3. The summed E-state index contributed by atoms with van der Waals surface area (Å²) >= 11 is 12.5. The third kappa shape index (κ3) is 6.30. The first kappa shape index (κ1) is 23.7. The van der Waals surface area contributed by atoms with E-state index in [1.54, 1.807) is 18.2 Å². The molecule has 1 aromatic carbocycles. The highest BCUT2D eigenvalue weighted by molar-refractivity contribution is 6.35. The quantitative estimate of drug-likeness (QED) is 0.251. The number of aromatic nitrogens is 2. The number of halogens is 2. The zero-order chi connectivity index (χ0) is 22.3. The Morgan fingerprint density at radius 2 is 2.19 bits per heavy atom. The lowest BCUT2D eigenvalue weighted by Crippen LogP contribution is -2.35. The van der Waals surface area contributed by atoms with Crippen LogP contribution in [0.2, 0.25) is 10.0 Å². The molecule has 3 rings (SSSR count). The second kappa shape index (κ2) is 11.1. The normalized spacial score (nSPS) is 20.8. The van der Waals surface area contributed by atoms with E-state index in [0.717, 1.165) is 12.8 Å². The Balaban J connectivity index is 1.76. The summed E-state index contributed by atoms with van der Waals surface area (Å²) in [6.07, 6.45) is 7.07. The van der Waals surface area contributed by atoms with Crippen LogP contribution in [0.3, 0.4) is 0 Å². The minimum Gasteiger partial charge on any atom is -0.379 e. The second-order valence-electron chi connectivity index (χ2n) is 7.22. The maximum atomic E-state index is 10.8. The summed E-state index contributed by atoms with van der Waals surface area (Å²) in [5.74, 6) is -1.31. The van der Waals surface area contributed by atoms with Crippen LogP contribution < -0.4 is 4.84 Å². The van der Waals surface area contributed by atoms with Crippen molar-refractivity contribution in [2.24, 2.45) is 0 Å². The predicted molar refractivity (Wildman–Crippen MR) is 114 cm³/mol. The number of ether oxygens (including phenoxy) is 3. The summed E-state index contributed by atoms with van der Waals surface area (Å²) in [5, 5.41) is 10.7. The fourth-order valence-electron chi connectivity index (χ4n) is 3.40. The summed E-state index contributed by atoms with van der Waals surface area (Å²) in [6, 6.07) is 4.78. The Bertz CT molecular complexity index is 880. The Morgan fingerprint density at radius 1 is 1.35 bits per heavy atom. The molecule has 0 saturated carbocycles. The van der Waals surface area contributed by atoms with Crippen LogP contribution in [-0.2, 0) is 26.5 Å². The summed E-state index contributed by atoms with van der Waals surface area (Å²) in [7, 11) is 0. The molecule has 0 amide bonds. The summed E-state index contributed by atoms with van der Waals surface area (Å²) in [5.41, 5.74) is 0.546. The zero-order valence-electron chi connectivity index (χ0n) is 17.2. The maximum absolute atomic E-state index is 10.8. The predicted octanol–water partition coefficient (Wildman–Crippen LogP) is 4.63. The Hall–Kier alpha value is -1.91. The molecule has 0 spiro atoms. The van der Waals surface area contributed by atoms with E-state index in [0.29, 0.717) is 28.8 Å². The van der Waals surface area contributed by atoms with Crippen LogP contribution in [-0.4, -0.2) is 40.6 Å². The molecule has 0 N–H and O–H groups in total. The number of nitrogens with zero attached hydrogens (tertiary/aromatic N) is 3. The van der Waals surface area contributed by atoms with Gasteiger partial charge in [-0.3, -0.25) is 0 Å². The summed E-state index contributed by atoms with van der Waals surface area (Å²) in [4.78, 5) is 19.2. The van der Waals surface area contributed by atoms with Gasteiger partial charge in [0.1, 0.15) is 6.10 Å². The number of rotatable bonds is 12. The molecule has 11 heteroatoms. The Labute approximate surface area is 190 Å². The highest BCUT2D eigenvalue weighted by Crippen LogP contribution is 2.41. The van der Waals surface area contributed by atoms with Crippen LogP contribution >= 0.6 is 23.2 Å². The fourth-order valence-corrected chi connectivity index (χ4v) is 3.96. The largest absolute Gasteiger partial charge is 0.379 e. The van der Waals surface area contributed by atoms with E-state index in [4.69, 9.17) is 37.4 Å². The molecule has 1 aliphatic heterocycles. The van der Waals surface area contributed by atoms with Crippen molar-refractivity contribution in [3.05, 3.63) is 56.3 Å². The lowest BCUT2D eigenvalue weighted by molar-refractivity contribution is -0.713. The van der Waals surface area contributed by atoms with Crippen LogP contribution in [0.5, 0.6) is 6.01 Å². The number of benzene rings is 1. The molecule has 0 aliphatic carbocycles. The molecule has 0 radical (unpaired) electrons. The zero-order valence-corrected chi connectivity index (χ0v) is 18.7. The molecule has 9 nitrogen and oxygen atoms in total. The topological polar surface area (TPSA) is 97.9 Å². The molecule has 2 heterocycles.